The summed E-state index contributed by atoms with van der Waals surface area (Å²) in [5, 5.41) is 9.27. The molecule has 1 aromatic carbocycles. The highest BCUT2D eigenvalue weighted by Crippen LogP contribution is 2.29. The molecular weight excluding hydrogens is 294 g/mol. The van der Waals surface area contributed by atoms with Crippen molar-refractivity contribution in [1.82, 2.24) is 0 Å². The van der Waals surface area contributed by atoms with Crippen molar-refractivity contribution >= 4 is 21.9 Å². The number of ether oxygens (including phenoxy) is 1. The van der Waals surface area contributed by atoms with Crippen LogP contribution in [0.2, 0.25) is 0 Å². The highest BCUT2D eigenvalue weighted by atomic mass is 79.9. The number of halogens is 1. The van der Waals surface area contributed by atoms with E-state index in [-0.39, 0.29) is 18.3 Å². The smallest absolute Gasteiger partial charge is 0.305 e. The fourth-order valence-corrected chi connectivity index (χ4v) is 2.80. The van der Waals surface area contributed by atoms with Crippen molar-refractivity contribution in [2.45, 2.75) is 32.6 Å². The Morgan fingerprint density at radius 3 is 2.44 bits per heavy atom. The molecule has 4 heteroatoms. The SMILES string of the molecule is COC(=O)CCC(C#N)c1c(C)cc(Br)cc1C. The summed E-state index contributed by atoms with van der Waals surface area (Å²) in [7, 11) is 1.36. The first-order valence-corrected chi connectivity index (χ1v) is 6.52. The van der Waals surface area contributed by atoms with E-state index in [2.05, 4.69) is 26.7 Å². The third-order valence-corrected chi connectivity index (χ3v) is 3.39. The molecule has 0 aliphatic heterocycles. The third kappa shape index (κ3) is 3.58. The fourth-order valence-electron chi connectivity index (χ4n) is 2.11. The van der Waals surface area contributed by atoms with E-state index in [1.165, 1.54) is 7.11 Å². The Bertz CT molecular complexity index is 468. The zero-order valence-electron chi connectivity index (χ0n) is 10.8. The maximum Gasteiger partial charge on any atom is 0.305 e. The number of benzene rings is 1. The van der Waals surface area contributed by atoms with E-state index in [9.17, 15) is 10.1 Å². The van der Waals surface area contributed by atoms with Gasteiger partial charge in [-0.1, -0.05) is 15.9 Å². The Morgan fingerprint density at radius 2 is 2.00 bits per heavy atom. The van der Waals surface area contributed by atoms with Crippen LogP contribution in [0.15, 0.2) is 16.6 Å². The molecule has 0 aromatic heterocycles. The van der Waals surface area contributed by atoms with Crippen molar-refractivity contribution in [2.75, 3.05) is 7.11 Å². The van der Waals surface area contributed by atoms with Crippen molar-refractivity contribution in [1.29, 1.82) is 5.26 Å². The normalized spacial score (nSPS) is 11.7. The van der Waals surface area contributed by atoms with Gasteiger partial charge in [-0.15, -0.1) is 0 Å². The number of aryl methyl sites for hydroxylation is 2. The van der Waals surface area contributed by atoms with Gasteiger partial charge in [0.25, 0.3) is 0 Å². The Labute approximate surface area is 116 Å². The number of hydrogen-bond donors (Lipinski definition) is 0. The van der Waals surface area contributed by atoms with Gasteiger partial charge in [-0.3, -0.25) is 4.79 Å². The molecule has 0 N–H and O–H groups in total. The molecule has 1 unspecified atom stereocenters. The summed E-state index contributed by atoms with van der Waals surface area (Å²) >= 11 is 3.43. The Hall–Kier alpha value is -1.34. The quantitative estimate of drug-likeness (QED) is 0.798. The van der Waals surface area contributed by atoms with Crippen LogP contribution < -0.4 is 0 Å². The molecule has 1 aromatic rings. The van der Waals surface area contributed by atoms with Gasteiger partial charge in [0, 0.05) is 10.9 Å². The molecule has 3 nitrogen and oxygen atoms in total. The second-order valence-electron chi connectivity index (χ2n) is 4.25. The Balaban J connectivity index is 2.96. The van der Waals surface area contributed by atoms with Crippen LogP contribution in [-0.4, -0.2) is 13.1 Å². The van der Waals surface area contributed by atoms with Crippen LogP contribution in [0.25, 0.3) is 0 Å². The summed E-state index contributed by atoms with van der Waals surface area (Å²) in [5.41, 5.74) is 3.15. The maximum absolute atomic E-state index is 11.1. The van der Waals surface area contributed by atoms with E-state index in [4.69, 9.17) is 0 Å². The van der Waals surface area contributed by atoms with Crippen molar-refractivity contribution < 1.29 is 9.53 Å². The second kappa shape index (κ2) is 6.55. The predicted molar refractivity (Wildman–Crippen MR) is 73.2 cm³/mol. The first-order chi connectivity index (χ1) is 8.49. The summed E-state index contributed by atoms with van der Waals surface area (Å²) in [4.78, 5) is 11.1. The van der Waals surface area contributed by atoms with Crippen LogP contribution in [0.5, 0.6) is 0 Å². The van der Waals surface area contributed by atoms with E-state index in [1.54, 1.807) is 0 Å². The molecule has 0 radical (unpaired) electrons. The van der Waals surface area contributed by atoms with Crippen LogP contribution in [-0.2, 0) is 9.53 Å². The fraction of sp³-hybridized carbons (Fsp3) is 0.429. The molecule has 0 amide bonds. The maximum atomic E-state index is 11.1. The number of nitrogens with zero attached hydrogens (tertiary/aromatic N) is 1. The van der Waals surface area contributed by atoms with Gasteiger partial charge in [-0.2, -0.15) is 5.26 Å². The minimum absolute atomic E-state index is 0.266. The van der Waals surface area contributed by atoms with Gasteiger partial charge in [-0.05, 0) is 49.1 Å². The predicted octanol–water partition coefficient (Wildman–Crippen LogP) is 3.63. The molecule has 0 spiro atoms. The van der Waals surface area contributed by atoms with Crippen LogP contribution in [0.4, 0.5) is 0 Å². The minimum atomic E-state index is -0.275. The lowest BCUT2D eigenvalue weighted by Gasteiger charge is -2.15. The number of hydrogen-bond acceptors (Lipinski definition) is 3. The van der Waals surface area contributed by atoms with E-state index in [0.717, 1.165) is 21.2 Å². The number of methoxy groups -OCH3 is 1. The summed E-state index contributed by atoms with van der Waals surface area (Å²) in [6.07, 6.45) is 0.760. The summed E-state index contributed by atoms with van der Waals surface area (Å²) < 4.78 is 5.61. The van der Waals surface area contributed by atoms with Gasteiger partial charge in [0.15, 0.2) is 0 Å². The first-order valence-electron chi connectivity index (χ1n) is 5.72. The topological polar surface area (TPSA) is 50.1 Å². The van der Waals surface area contributed by atoms with Gasteiger partial charge < -0.3 is 4.74 Å². The zero-order chi connectivity index (χ0) is 13.7. The van der Waals surface area contributed by atoms with Crippen molar-refractivity contribution in [2.24, 2.45) is 0 Å². The lowest BCUT2D eigenvalue weighted by molar-refractivity contribution is -0.140. The molecule has 18 heavy (non-hydrogen) atoms. The highest BCUT2D eigenvalue weighted by molar-refractivity contribution is 9.10. The van der Waals surface area contributed by atoms with Crippen LogP contribution in [0.3, 0.4) is 0 Å². The van der Waals surface area contributed by atoms with Crippen molar-refractivity contribution in [3.63, 3.8) is 0 Å². The monoisotopic (exact) mass is 309 g/mol. The summed E-state index contributed by atoms with van der Waals surface area (Å²) in [6, 6.07) is 6.26. The minimum Gasteiger partial charge on any atom is -0.469 e. The summed E-state index contributed by atoms with van der Waals surface area (Å²) in [6.45, 7) is 3.96. The Kier molecular flexibility index (Phi) is 5.36. The third-order valence-electron chi connectivity index (χ3n) is 2.93. The number of rotatable bonds is 4. The van der Waals surface area contributed by atoms with E-state index in [1.807, 2.05) is 26.0 Å². The van der Waals surface area contributed by atoms with E-state index < -0.39 is 0 Å². The number of esters is 1. The first kappa shape index (κ1) is 14.7. The van der Waals surface area contributed by atoms with Gasteiger partial charge in [0.2, 0.25) is 0 Å². The van der Waals surface area contributed by atoms with Gasteiger partial charge in [0.05, 0.1) is 19.1 Å². The zero-order valence-corrected chi connectivity index (χ0v) is 12.4. The lowest BCUT2D eigenvalue weighted by atomic mass is 9.88. The van der Waals surface area contributed by atoms with Crippen molar-refractivity contribution in [3.05, 3.63) is 33.3 Å². The summed E-state index contributed by atoms with van der Waals surface area (Å²) in [5.74, 6) is -0.542. The van der Waals surface area contributed by atoms with Crippen LogP contribution in [0.1, 0.15) is 35.4 Å². The van der Waals surface area contributed by atoms with Crippen molar-refractivity contribution in [3.8, 4) is 6.07 Å². The molecule has 0 aliphatic carbocycles. The average Bonchev–Trinajstić information content (AvgIpc) is 2.31. The van der Waals surface area contributed by atoms with Crippen LogP contribution in [0, 0.1) is 25.2 Å². The van der Waals surface area contributed by atoms with Gasteiger partial charge in [0.1, 0.15) is 0 Å². The number of nitriles is 1. The molecule has 0 saturated heterocycles. The molecule has 0 saturated carbocycles. The van der Waals surface area contributed by atoms with E-state index >= 15 is 0 Å². The molecule has 0 aliphatic rings. The Morgan fingerprint density at radius 1 is 1.44 bits per heavy atom. The molecular formula is C14H16BrNO2. The van der Waals surface area contributed by atoms with Crippen LogP contribution >= 0.6 is 15.9 Å². The second-order valence-corrected chi connectivity index (χ2v) is 5.17. The van der Waals surface area contributed by atoms with Gasteiger partial charge in [-0.25, -0.2) is 0 Å². The molecule has 96 valence electrons. The number of carbonyl (C=O) groups is 1. The standard InChI is InChI=1S/C14H16BrNO2/c1-9-6-12(15)7-10(2)14(9)11(8-16)4-5-13(17)18-3/h6-7,11H,4-5H2,1-3H3. The van der Waals surface area contributed by atoms with E-state index in [0.29, 0.717) is 6.42 Å². The lowest BCUT2D eigenvalue weighted by Crippen LogP contribution is -2.06. The molecule has 1 atom stereocenters. The highest BCUT2D eigenvalue weighted by Gasteiger charge is 2.17. The molecule has 0 bridgehead atoms. The molecule has 1 rings (SSSR count). The van der Waals surface area contributed by atoms with Gasteiger partial charge >= 0.3 is 5.97 Å². The largest absolute Gasteiger partial charge is 0.469 e. The molecule has 0 fully saturated rings. The number of carbonyl (C=O) groups excluding carboxylic acids is 1. The average molecular weight is 310 g/mol. The molecule has 0 heterocycles.